The van der Waals surface area contributed by atoms with Crippen molar-refractivity contribution in [2.45, 2.75) is 26.7 Å². The Morgan fingerprint density at radius 2 is 0.809 bits per heavy atom. The number of hydrogen-bond donors (Lipinski definition) is 0. The van der Waals surface area contributed by atoms with Crippen LogP contribution in [-0.2, 0) is 0 Å². The molecule has 2 heteroatoms. The summed E-state index contributed by atoms with van der Waals surface area (Å²) in [5.41, 5.74) is 19.4. The average Bonchev–Trinajstić information content (AvgIpc) is 3.73. The lowest BCUT2D eigenvalue weighted by Gasteiger charge is -2.27. The van der Waals surface area contributed by atoms with Crippen LogP contribution < -0.4 is 4.90 Å². The van der Waals surface area contributed by atoms with E-state index in [1.807, 2.05) is 0 Å². The molecule has 0 spiro atoms. The fourth-order valence-electron chi connectivity index (χ4n) is 10.7. The van der Waals surface area contributed by atoms with Gasteiger partial charge < -0.3 is 9.47 Å². The van der Waals surface area contributed by atoms with Gasteiger partial charge in [-0.15, -0.1) is 0 Å². The molecule has 68 heavy (non-hydrogen) atoms. The molecule has 11 aromatic carbocycles. The molecule has 0 aliphatic carbocycles. The highest BCUT2D eigenvalue weighted by Crippen LogP contribution is 2.46. The summed E-state index contributed by atoms with van der Waals surface area (Å²) < 4.78 is 2.41. The lowest BCUT2D eigenvalue weighted by atomic mass is 9.85. The number of benzene rings is 11. The largest absolute Gasteiger partial charge is 0.310 e. The highest BCUT2D eigenvalue weighted by atomic mass is 15.1. The quantitative estimate of drug-likeness (QED) is 0.131. The summed E-state index contributed by atoms with van der Waals surface area (Å²) in [6, 6.07) is 89.0. The molecule has 2 nitrogen and oxygen atoms in total. The fourth-order valence-corrected chi connectivity index (χ4v) is 10.7. The second-order valence-electron chi connectivity index (χ2n) is 18.3. The zero-order valence-corrected chi connectivity index (χ0v) is 38.6. The van der Waals surface area contributed by atoms with Crippen molar-refractivity contribution in [2.24, 2.45) is 0 Å². The van der Waals surface area contributed by atoms with E-state index < -0.39 is 0 Å². The van der Waals surface area contributed by atoms with Gasteiger partial charge >= 0.3 is 0 Å². The van der Waals surface area contributed by atoms with Crippen LogP contribution in [0.15, 0.2) is 243 Å². The van der Waals surface area contributed by atoms with Crippen molar-refractivity contribution in [2.75, 3.05) is 4.90 Å². The molecule has 0 unspecified atom stereocenters. The minimum Gasteiger partial charge on any atom is -0.310 e. The van der Waals surface area contributed by atoms with Gasteiger partial charge in [-0.2, -0.15) is 0 Å². The molecule has 0 aliphatic rings. The summed E-state index contributed by atoms with van der Waals surface area (Å²) in [7, 11) is 0. The Labute approximate surface area is 398 Å². The molecule has 1 heterocycles. The smallest absolute Gasteiger partial charge is 0.0541 e. The average molecular weight is 871 g/mol. The van der Waals surface area contributed by atoms with E-state index in [0.29, 0.717) is 5.92 Å². The van der Waals surface area contributed by atoms with Gasteiger partial charge in [0.05, 0.1) is 11.0 Å². The molecular weight excluding hydrogens is 821 g/mol. The topological polar surface area (TPSA) is 8.17 Å². The van der Waals surface area contributed by atoms with Gasteiger partial charge in [-0.1, -0.05) is 190 Å². The number of nitrogens with zero attached hydrogens (tertiary/aromatic N) is 2. The number of anilines is 3. The molecule has 0 atom stereocenters. The van der Waals surface area contributed by atoms with Crippen molar-refractivity contribution in [3.8, 4) is 50.2 Å². The Hall–Kier alpha value is -8.46. The van der Waals surface area contributed by atoms with E-state index in [9.17, 15) is 0 Å². The standard InChI is InChI=1S/C66H50N2/c1-44(2)61-43-53(37-40-55(61)54-39-36-52(41-45(54)3)68-63-29-17-15-25-56(63)57-26-16-18-30-64(57)68)67(50-23-11-6-12-24-50)51-34-31-46(32-35-51)49-33-38-60-62(42-49)66(48-21-9-5-10-22-48)59-28-14-13-27-58(59)65(60)47-19-7-4-8-20-47/h4-44H,1-3H3. The van der Waals surface area contributed by atoms with Crippen molar-refractivity contribution in [1.82, 2.24) is 4.57 Å². The van der Waals surface area contributed by atoms with Gasteiger partial charge in [0.1, 0.15) is 0 Å². The molecule has 0 aliphatic heterocycles. The van der Waals surface area contributed by atoms with Crippen molar-refractivity contribution in [3.63, 3.8) is 0 Å². The summed E-state index contributed by atoms with van der Waals surface area (Å²) in [5, 5.41) is 7.58. The van der Waals surface area contributed by atoms with Gasteiger partial charge in [-0.3, -0.25) is 0 Å². The molecule has 0 fully saturated rings. The minimum atomic E-state index is 0.301. The third-order valence-electron chi connectivity index (χ3n) is 13.9. The Bertz CT molecular complexity index is 3750. The van der Waals surface area contributed by atoms with Crippen molar-refractivity contribution in [3.05, 3.63) is 254 Å². The first-order valence-electron chi connectivity index (χ1n) is 23.8. The Kier molecular flexibility index (Phi) is 10.3. The van der Waals surface area contributed by atoms with Crippen LogP contribution in [0.5, 0.6) is 0 Å². The van der Waals surface area contributed by atoms with Gasteiger partial charge in [0.25, 0.3) is 0 Å². The number of rotatable bonds is 9. The fraction of sp³-hybridized carbons (Fsp3) is 0.0606. The van der Waals surface area contributed by atoms with Crippen LogP contribution in [0.25, 0.3) is 93.5 Å². The number of aromatic nitrogens is 1. The maximum Gasteiger partial charge on any atom is 0.0541 e. The number of aryl methyl sites for hydroxylation is 1. The van der Waals surface area contributed by atoms with E-state index in [1.165, 1.54) is 105 Å². The van der Waals surface area contributed by atoms with Crippen molar-refractivity contribution < 1.29 is 0 Å². The van der Waals surface area contributed by atoms with E-state index in [4.69, 9.17) is 0 Å². The third kappa shape index (κ3) is 7.05. The monoisotopic (exact) mass is 870 g/mol. The highest BCUT2D eigenvalue weighted by Gasteiger charge is 2.21. The molecule has 0 saturated carbocycles. The molecule has 12 rings (SSSR count). The second-order valence-corrected chi connectivity index (χ2v) is 18.3. The zero-order chi connectivity index (χ0) is 45.7. The van der Waals surface area contributed by atoms with Gasteiger partial charge in [0.2, 0.25) is 0 Å². The molecule has 0 bridgehead atoms. The number of hydrogen-bond acceptors (Lipinski definition) is 1. The predicted molar refractivity (Wildman–Crippen MR) is 291 cm³/mol. The Morgan fingerprint density at radius 1 is 0.338 bits per heavy atom. The first-order valence-corrected chi connectivity index (χ1v) is 23.8. The first kappa shape index (κ1) is 41.0. The summed E-state index contributed by atoms with van der Waals surface area (Å²) in [6.45, 7) is 6.87. The number of fused-ring (bicyclic) bond motifs is 5. The van der Waals surface area contributed by atoms with Crippen molar-refractivity contribution in [1.29, 1.82) is 0 Å². The van der Waals surface area contributed by atoms with E-state index in [2.05, 4.69) is 273 Å². The molecule has 0 N–H and O–H groups in total. The molecule has 1 aromatic heterocycles. The Morgan fingerprint density at radius 3 is 1.40 bits per heavy atom. The van der Waals surface area contributed by atoms with E-state index in [-0.39, 0.29) is 0 Å². The van der Waals surface area contributed by atoms with E-state index >= 15 is 0 Å². The maximum atomic E-state index is 2.41. The van der Waals surface area contributed by atoms with Gasteiger partial charge in [0.15, 0.2) is 0 Å². The van der Waals surface area contributed by atoms with Crippen LogP contribution in [0, 0.1) is 6.92 Å². The first-order chi connectivity index (χ1) is 33.5. The van der Waals surface area contributed by atoms with Gasteiger partial charge in [0, 0.05) is 33.5 Å². The maximum absolute atomic E-state index is 2.41. The zero-order valence-electron chi connectivity index (χ0n) is 38.6. The summed E-state index contributed by atoms with van der Waals surface area (Å²) >= 11 is 0. The lowest BCUT2D eigenvalue weighted by molar-refractivity contribution is 0.868. The predicted octanol–water partition coefficient (Wildman–Crippen LogP) is 18.7. The van der Waals surface area contributed by atoms with Crippen LogP contribution in [0.4, 0.5) is 17.1 Å². The van der Waals surface area contributed by atoms with Crippen LogP contribution in [0.1, 0.15) is 30.9 Å². The molecule has 324 valence electrons. The molecule has 12 aromatic rings. The van der Waals surface area contributed by atoms with E-state index in [1.54, 1.807) is 0 Å². The van der Waals surface area contributed by atoms with E-state index in [0.717, 1.165) is 17.1 Å². The summed E-state index contributed by atoms with van der Waals surface area (Å²) in [5.74, 6) is 0.301. The van der Waals surface area contributed by atoms with Gasteiger partial charge in [-0.25, -0.2) is 0 Å². The highest BCUT2D eigenvalue weighted by molar-refractivity contribution is 6.22. The molecular formula is C66H50N2. The van der Waals surface area contributed by atoms with Crippen LogP contribution in [0.3, 0.4) is 0 Å². The SMILES string of the molecule is Cc1cc(-n2c3ccccc3c3ccccc32)ccc1-c1ccc(N(c2ccccc2)c2ccc(-c3ccc4c(-c5ccccc5)c5ccccc5c(-c5ccccc5)c4c3)cc2)cc1C(C)C. The Balaban J connectivity index is 0.941. The van der Waals surface area contributed by atoms with Crippen molar-refractivity contribution >= 4 is 60.4 Å². The summed E-state index contributed by atoms with van der Waals surface area (Å²) in [4.78, 5) is 2.39. The molecule has 0 radical (unpaired) electrons. The van der Waals surface area contributed by atoms with Crippen LogP contribution in [0.2, 0.25) is 0 Å². The summed E-state index contributed by atoms with van der Waals surface area (Å²) in [6.07, 6.45) is 0. The second kappa shape index (κ2) is 17.1. The minimum absolute atomic E-state index is 0.301. The normalized spacial score (nSPS) is 11.6. The molecule has 0 amide bonds. The number of para-hydroxylation sites is 3. The third-order valence-corrected chi connectivity index (χ3v) is 13.9. The van der Waals surface area contributed by atoms with Crippen LogP contribution >= 0.6 is 0 Å². The lowest BCUT2D eigenvalue weighted by Crippen LogP contribution is -2.10. The van der Waals surface area contributed by atoms with Gasteiger partial charge in [-0.05, 0) is 157 Å². The molecule has 0 saturated heterocycles. The van der Waals surface area contributed by atoms with Crippen LogP contribution in [-0.4, -0.2) is 4.57 Å².